The first-order chi connectivity index (χ1) is 12.4. The van der Waals surface area contributed by atoms with Crippen LogP contribution in [0.5, 0.6) is 0 Å². The average molecular weight is 369 g/mol. The standard InChI is InChI=1S/C20H23N3O2S/c1-16-21-19(20(22(16)2)26(3,24)25)23(14-17-10-6-4-7-11-17)15-18-12-8-5-9-13-18/h4-13H,14-15H2,1-3H3. The highest BCUT2D eigenvalue weighted by Crippen LogP contribution is 2.28. The number of imidazole rings is 1. The number of rotatable bonds is 6. The third kappa shape index (κ3) is 3.96. The number of sulfone groups is 1. The van der Waals surface area contributed by atoms with Gasteiger partial charge in [-0.15, -0.1) is 0 Å². The molecule has 0 spiro atoms. The van der Waals surface area contributed by atoms with Crippen LogP contribution >= 0.6 is 0 Å². The first-order valence-corrected chi connectivity index (χ1v) is 10.3. The summed E-state index contributed by atoms with van der Waals surface area (Å²) in [6.07, 6.45) is 1.23. The molecule has 0 atom stereocenters. The number of hydrogen-bond donors (Lipinski definition) is 0. The molecule has 0 aliphatic heterocycles. The van der Waals surface area contributed by atoms with Crippen LogP contribution in [0.4, 0.5) is 5.82 Å². The molecule has 0 saturated heterocycles. The van der Waals surface area contributed by atoms with Gasteiger partial charge >= 0.3 is 0 Å². The van der Waals surface area contributed by atoms with Crippen LogP contribution in [-0.2, 0) is 30.0 Å². The lowest BCUT2D eigenvalue weighted by Crippen LogP contribution is -2.24. The van der Waals surface area contributed by atoms with Crippen LogP contribution in [-0.4, -0.2) is 24.2 Å². The van der Waals surface area contributed by atoms with Gasteiger partial charge in [-0.2, -0.15) is 0 Å². The Hall–Kier alpha value is -2.60. The summed E-state index contributed by atoms with van der Waals surface area (Å²) in [5.74, 6) is 1.17. The molecule has 3 aromatic rings. The highest BCUT2D eigenvalue weighted by molar-refractivity contribution is 7.90. The van der Waals surface area contributed by atoms with E-state index in [1.807, 2.05) is 72.5 Å². The van der Waals surface area contributed by atoms with E-state index in [-0.39, 0.29) is 5.03 Å². The second-order valence-corrected chi connectivity index (χ2v) is 8.38. The van der Waals surface area contributed by atoms with Gasteiger partial charge in [-0.1, -0.05) is 60.7 Å². The molecular weight excluding hydrogens is 346 g/mol. The van der Waals surface area contributed by atoms with E-state index in [0.717, 1.165) is 11.1 Å². The Morgan fingerprint density at radius 2 is 1.38 bits per heavy atom. The minimum Gasteiger partial charge on any atom is -0.346 e. The van der Waals surface area contributed by atoms with E-state index >= 15 is 0 Å². The highest BCUT2D eigenvalue weighted by Gasteiger charge is 2.26. The topological polar surface area (TPSA) is 55.2 Å². The SMILES string of the molecule is Cc1nc(N(Cc2ccccc2)Cc2ccccc2)c(S(C)(=O)=O)n1C. The highest BCUT2D eigenvalue weighted by atomic mass is 32.2. The fraction of sp³-hybridized carbons (Fsp3) is 0.250. The van der Waals surface area contributed by atoms with Gasteiger partial charge in [0.1, 0.15) is 5.82 Å². The molecule has 6 heteroatoms. The van der Waals surface area contributed by atoms with Crippen LogP contribution in [0.25, 0.3) is 0 Å². The summed E-state index contributed by atoms with van der Waals surface area (Å²) in [7, 11) is -1.67. The van der Waals surface area contributed by atoms with Gasteiger partial charge < -0.3 is 9.47 Å². The van der Waals surface area contributed by atoms with E-state index < -0.39 is 9.84 Å². The number of aryl methyl sites for hydroxylation is 1. The lowest BCUT2D eigenvalue weighted by atomic mass is 10.1. The zero-order chi connectivity index (χ0) is 18.7. The smallest absolute Gasteiger partial charge is 0.194 e. The number of anilines is 1. The third-order valence-corrected chi connectivity index (χ3v) is 5.49. The number of aromatic nitrogens is 2. The van der Waals surface area contributed by atoms with Gasteiger partial charge in [-0.25, -0.2) is 13.4 Å². The molecule has 0 aliphatic carbocycles. The zero-order valence-electron chi connectivity index (χ0n) is 15.3. The zero-order valence-corrected chi connectivity index (χ0v) is 16.1. The Labute approximate surface area is 154 Å². The van der Waals surface area contributed by atoms with Crippen molar-refractivity contribution in [3.8, 4) is 0 Å². The largest absolute Gasteiger partial charge is 0.346 e. The van der Waals surface area contributed by atoms with Crippen molar-refractivity contribution < 1.29 is 8.42 Å². The molecule has 26 heavy (non-hydrogen) atoms. The van der Waals surface area contributed by atoms with Crippen LogP contribution in [0.1, 0.15) is 17.0 Å². The van der Waals surface area contributed by atoms with Crippen molar-refractivity contribution in [3.63, 3.8) is 0 Å². The molecule has 5 nitrogen and oxygen atoms in total. The summed E-state index contributed by atoms with van der Waals surface area (Å²) < 4.78 is 26.5. The Kier molecular flexibility index (Phi) is 5.13. The van der Waals surface area contributed by atoms with Crippen molar-refractivity contribution in [3.05, 3.63) is 77.6 Å². The first-order valence-electron chi connectivity index (χ1n) is 8.42. The molecule has 2 aromatic carbocycles. The van der Waals surface area contributed by atoms with Crippen molar-refractivity contribution >= 4 is 15.7 Å². The Balaban J connectivity index is 2.07. The minimum absolute atomic E-state index is 0.252. The van der Waals surface area contributed by atoms with Gasteiger partial charge in [-0.3, -0.25) is 0 Å². The van der Waals surface area contributed by atoms with Crippen molar-refractivity contribution in [1.82, 2.24) is 9.55 Å². The molecule has 0 unspecified atom stereocenters. The van der Waals surface area contributed by atoms with Gasteiger partial charge in [0.15, 0.2) is 20.7 Å². The molecule has 0 saturated carbocycles. The van der Waals surface area contributed by atoms with Crippen LogP contribution in [0.2, 0.25) is 0 Å². The molecule has 0 bridgehead atoms. The quantitative estimate of drug-likeness (QED) is 0.669. The van der Waals surface area contributed by atoms with Crippen LogP contribution in [0, 0.1) is 6.92 Å². The summed E-state index contributed by atoms with van der Waals surface area (Å²) in [5.41, 5.74) is 2.21. The Morgan fingerprint density at radius 1 is 0.923 bits per heavy atom. The second kappa shape index (κ2) is 7.33. The van der Waals surface area contributed by atoms with E-state index in [1.165, 1.54) is 6.26 Å². The number of benzene rings is 2. The van der Waals surface area contributed by atoms with Crippen LogP contribution < -0.4 is 4.90 Å². The number of hydrogen-bond acceptors (Lipinski definition) is 4. The fourth-order valence-electron chi connectivity index (χ4n) is 3.01. The van der Waals surface area contributed by atoms with E-state index in [9.17, 15) is 8.42 Å². The van der Waals surface area contributed by atoms with Gasteiger partial charge in [-0.05, 0) is 18.1 Å². The molecule has 1 aromatic heterocycles. The molecule has 0 aliphatic rings. The van der Waals surface area contributed by atoms with Gasteiger partial charge in [0.05, 0.1) is 0 Å². The van der Waals surface area contributed by atoms with Crippen LogP contribution in [0.3, 0.4) is 0 Å². The van der Waals surface area contributed by atoms with Crippen molar-refractivity contribution in [2.24, 2.45) is 7.05 Å². The minimum atomic E-state index is -3.41. The average Bonchev–Trinajstić information content (AvgIpc) is 2.91. The normalized spacial score (nSPS) is 11.5. The van der Waals surface area contributed by atoms with E-state index in [0.29, 0.717) is 24.7 Å². The molecule has 0 N–H and O–H groups in total. The summed E-state index contributed by atoms with van der Waals surface area (Å²) in [6, 6.07) is 20.0. The second-order valence-electron chi connectivity index (χ2n) is 6.45. The van der Waals surface area contributed by atoms with Crippen LogP contribution in [0.15, 0.2) is 65.7 Å². The molecule has 0 fully saturated rings. The molecular formula is C20H23N3O2S. The predicted molar refractivity (Wildman–Crippen MR) is 104 cm³/mol. The first kappa shape index (κ1) is 18.2. The van der Waals surface area contributed by atoms with Gasteiger partial charge in [0, 0.05) is 26.4 Å². The third-order valence-electron chi connectivity index (χ3n) is 4.33. The Bertz CT molecular complexity index is 939. The van der Waals surface area contributed by atoms with E-state index in [1.54, 1.807) is 11.6 Å². The van der Waals surface area contributed by atoms with E-state index in [4.69, 9.17) is 0 Å². The molecule has 136 valence electrons. The van der Waals surface area contributed by atoms with Crippen molar-refractivity contribution in [2.75, 3.05) is 11.2 Å². The van der Waals surface area contributed by atoms with E-state index in [2.05, 4.69) is 4.98 Å². The summed E-state index contributed by atoms with van der Waals surface area (Å²) >= 11 is 0. The Morgan fingerprint density at radius 3 is 1.81 bits per heavy atom. The number of nitrogens with zero attached hydrogens (tertiary/aromatic N) is 3. The summed E-state index contributed by atoms with van der Waals surface area (Å²) in [6.45, 7) is 2.98. The van der Waals surface area contributed by atoms with Gasteiger partial charge in [0.2, 0.25) is 0 Å². The van der Waals surface area contributed by atoms with Crippen molar-refractivity contribution in [2.45, 2.75) is 25.0 Å². The predicted octanol–water partition coefficient (Wildman–Crippen LogP) is 3.34. The van der Waals surface area contributed by atoms with Gasteiger partial charge in [0.25, 0.3) is 0 Å². The lowest BCUT2D eigenvalue weighted by Gasteiger charge is -2.24. The molecule has 0 amide bonds. The fourth-order valence-corrected chi connectivity index (χ4v) is 4.14. The summed E-state index contributed by atoms with van der Waals surface area (Å²) in [4.78, 5) is 6.60. The molecule has 3 rings (SSSR count). The van der Waals surface area contributed by atoms with Crippen molar-refractivity contribution in [1.29, 1.82) is 0 Å². The lowest BCUT2D eigenvalue weighted by molar-refractivity contribution is 0.589. The summed E-state index contributed by atoms with van der Waals surface area (Å²) in [5, 5.41) is 0.252. The monoisotopic (exact) mass is 369 g/mol. The molecule has 0 radical (unpaired) electrons. The maximum absolute atomic E-state index is 12.4. The molecule has 1 heterocycles. The maximum atomic E-state index is 12.4. The maximum Gasteiger partial charge on any atom is 0.194 e.